The van der Waals surface area contributed by atoms with Crippen molar-refractivity contribution in [1.82, 2.24) is 4.90 Å². The molecule has 3 heteroatoms. The Kier molecular flexibility index (Phi) is 10.1. The summed E-state index contributed by atoms with van der Waals surface area (Å²) in [5.41, 5.74) is 0. The summed E-state index contributed by atoms with van der Waals surface area (Å²) in [7, 11) is 0. The molecule has 0 spiro atoms. The minimum atomic E-state index is 0. The molecule has 0 aliphatic carbocycles. The molecule has 0 aromatic heterocycles. The summed E-state index contributed by atoms with van der Waals surface area (Å²) in [6.45, 7) is 9.59. The number of likely N-dealkylation sites (tertiary alicyclic amines) is 1. The zero-order chi connectivity index (χ0) is 9.56. The number of nitrogens with zero attached hydrogens (tertiary/aromatic N) is 1. The number of rotatable bonds is 1. The molecule has 13 heavy (non-hydrogen) atoms. The maximum absolute atomic E-state index is 5.23. The van der Waals surface area contributed by atoms with Crippen molar-refractivity contribution in [2.45, 2.75) is 53.0 Å². The second-order valence-corrected chi connectivity index (χ2v) is 3.61. The maximum atomic E-state index is 5.23. The van der Waals surface area contributed by atoms with Gasteiger partial charge in [-0.15, -0.1) is 0 Å². The molecule has 1 heterocycles. The summed E-state index contributed by atoms with van der Waals surface area (Å²) < 4.78 is 0. The predicted octanol–water partition coefficient (Wildman–Crippen LogP) is 2.85. The molecule has 0 unspecified atom stereocenters. The highest BCUT2D eigenvalue weighted by molar-refractivity contribution is 7.80. The van der Waals surface area contributed by atoms with Crippen LogP contribution in [0.5, 0.6) is 0 Å². The molecule has 0 aromatic carbocycles. The monoisotopic (exact) mass is 198 g/mol. The highest BCUT2D eigenvalue weighted by atomic mass is 32.1. The van der Waals surface area contributed by atoms with Crippen LogP contribution >= 0.6 is 12.2 Å². The number of hydrogen-bond acceptors (Lipinski definition) is 1. The Balaban J connectivity index is 0. The fraction of sp³-hybridized carbons (Fsp3) is 0.900. The largest absolute Gasteiger partial charge is 0.364 e. The van der Waals surface area contributed by atoms with Gasteiger partial charge in [0.1, 0.15) is 0 Å². The molecule has 0 saturated carbocycles. The third kappa shape index (κ3) is 5.30. The van der Waals surface area contributed by atoms with Gasteiger partial charge in [0.15, 0.2) is 0 Å². The molecule has 75 valence electrons. The average Bonchev–Trinajstić information content (AvgIpc) is 2.08. The third-order valence-corrected chi connectivity index (χ3v) is 2.42. The smallest absolute Gasteiger partial charge is 0.0781 e. The first kappa shape index (κ1) is 15.4. The van der Waals surface area contributed by atoms with E-state index in [1.165, 1.54) is 24.4 Å². The van der Waals surface area contributed by atoms with Gasteiger partial charge in [0.05, 0.1) is 4.99 Å². The molecule has 0 amide bonds. The quantitative estimate of drug-likeness (QED) is 0.470. The molecular weight excluding hydrogens is 177 g/mol. The van der Waals surface area contributed by atoms with Gasteiger partial charge in [-0.25, -0.2) is 0 Å². The van der Waals surface area contributed by atoms with Crippen molar-refractivity contribution >= 4 is 25.6 Å². The van der Waals surface area contributed by atoms with E-state index in [1.54, 1.807) is 0 Å². The van der Waals surface area contributed by atoms with Crippen LogP contribution in [0.3, 0.4) is 0 Å². The Morgan fingerprint density at radius 1 is 1.23 bits per heavy atom. The van der Waals surface area contributed by atoms with Crippen LogP contribution < -0.4 is 0 Å². The van der Waals surface area contributed by atoms with Gasteiger partial charge < -0.3 is 4.90 Å². The summed E-state index contributed by atoms with van der Waals surface area (Å²) in [6, 6.07) is 0.604. The second-order valence-electron chi connectivity index (χ2n) is 3.14. The van der Waals surface area contributed by atoms with Gasteiger partial charge in [0, 0.05) is 21.0 Å². The van der Waals surface area contributed by atoms with Crippen LogP contribution in [0.2, 0.25) is 0 Å². The first-order valence-electron chi connectivity index (χ1n) is 5.01. The van der Waals surface area contributed by atoms with Gasteiger partial charge in [-0.3, -0.25) is 0 Å². The van der Waals surface area contributed by atoms with Gasteiger partial charge in [-0.1, -0.05) is 26.1 Å². The normalized spacial score (nSPS) is 16.1. The van der Waals surface area contributed by atoms with E-state index in [0.29, 0.717) is 6.04 Å². The van der Waals surface area contributed by atoms with Crippen molar-refractivity contribution in [3.05, 3.63) is 0 Å². The van der Waals surface area contributed by atoms with Crippen molar-refractivity contribution in [2.75, 3.05) is 6.54 Å². The van der Waals surface area contributed by atoms with Crippen LogP contribution in [-0.4, -0.2) is 30.9 Å². The van der Waals surface area contributed by atoms with Gasteiger partial charge in [-0.05, 0) is 33.1 Å². The lowest BCUT2D eigenvalue weighted by molar-refractivity contribution is 0.320. The van der Waals surface area contributed by atoms with Crippen molar-refractivity contribution in [3.63, 3.8) is 0 Å². The Morgan fingerprint density at radius 3 is 2.08 bits per heavy atom. The third-order valence-electron chi connectivity index (χ3n) is 1.98. The molecule has 0 aromatic rings. The highest BCUT2D eigenvalue weighted by Gasteiger charge is 2.16. The molecular formula is C10H21BNS. The van der Waals surface area contributed by atoms with E-state index in [0.717, 1.165) is 6.42 Å². The lowest BCUT2D eigenvalue weighted by Crippen LogP contribution is -2.39. The lowest BCUT2D eigenvalue weighted by atomic mass is 10.1. The highest BCUT2D eigenvalue weighted by Crippen LogP contribution is 2.14. The zero-order valence-electron chi connectivity index (χ0n) is 9.34. The summed E-state index contributed by atoms with van der Waals surface area (Å²) in [4.78, 5) is 3.50. The molecule has 1 aliphatic heterocycles. The topological polar surface area (TPSA) is 3.24 Å². The van der Waals surface area contributed by atoms with Crippen molar-refractivity contribution in [3.8, 4) is 0 Å². The van der Waals surface area contributed by atoms with Crippen molar-refractivity contribution < 1.29 is 0 Å². The van der Waals surface area contributed by atoms with E-state index in [2.05, 4.69) is 18.7 Å². The molecule has 3 radical (unpaired) electrons. The number of piperidine rings is 1. The Hall–Kier alpha value is -0.0451. The van der Waals surface area contributed by atoms with E-state index >= 15 is 0 Å². The van der Waals surface area contributed by atoms with Gasteiger partial charge in [0.2, 0.25) is 0 Å². The van der Waals surface area contributed by atoms with E-state index in [1.807, 2.05) is 13.8 Å². The fourth-order valence-electron chi connectivity index (χ4n) is 1.37. The molecule has 0 N–H and O–H groups in total. The molecule has 1 fully saturated rings. The van der Waals surface area contributed by atoms with Crippen LogP contribution in [0.25, 0.3) is 0 Å². The first-order valence-corrected chi connectivity index (χ1v) is 5.42. The first-order chi connectivity index (χ1) is 5.72. The molecule has 0 bridgehead atoms. The van der Waals surface area contributed by atoms with E-state index in [-0.39, 0.29) is 8.41 Å². The van der Waals surface area contributed by atoms with Crippen LogP contribution in [0.4, 0.5) is 0 Å². The Bertz CT molecular complexity index is 137. The molecule has 1 nitrogen and oxygen atoms in total. The molecule has 1 rings (SSSR count). The van der Waals surface area contributed by atoms with E-state index in [4.69, 9.17) is 12.2 Å². The number of thiocarbonyl (C=S) groups is 1. The molecule has 0 atom stereocenters. The van der Waals surface area contributed by atoms with Gasteiger partial charge in [-0.2, -0.15) is 0 Å². The van der Waals surface area contributed by atoms with Crippen LogP contribution in [0.1, 0.15) is 47.0 Å². The Morgan fingerprint density at radius 2 is 1.77 bits per heavy atom. The summed E-state index contributed by atoms with van der Waals surface area (Å²) in [6.07, 6.45) is 3.74. The van der Waals surface area contributed by atoms with Gasteiger partial charge in [0.25, 0.3) is 0 Å². The van der Waals surface area contributed by atoms with Crippen LogP contribution in [0, 0.1) is 0 Å². The second kappa shape index (κ2) is 8.55. The van der Waals surface area contributed by atoms with E-state index in [9.17, 15) is 0 Å². The minimum absolute atomic E-state index is 0. The lowest BCUT2D eigenvalue weighted by Gasteiger charge is -2.32. The van der Waals surface area contributed by atoms with Crippen molar-refractivity contribution in [2.24, 2.45) is 0 Å². The number of hydrogen-bond donors (Lipinski definition) is 0. The zero-order valence-corrected chi connectivity index (χ0v) is 10.2. The molecule has 1 saturated heterocycles. The Labute approximate surface area is 90.5 Å². The van der Waals surface area contributed by atoms with Crippen LogP contribution in [-0.2, 0) is 0 Å². The standard InChI is InChI=1S/C8H15NS.C2H6.B/c1-7(2)9-6-4-3-5-8(9)10;1-2;/h7H,3-6H2,1-2H3;1-2H3;. The fourth-order valence-corrected chi connectivity index (χ4v) is 1.82. The van der Waals surface area contributed by atoms with E-state index < -0.39 is 0 Å². The predicted molar refractivity (Wildman–Crippen MR) is 65.4 cm³/mol. The summed E-state index contributed by atoms with van der Waals surface area (Å²) >= 11 is 5.23. The summed E-state index contributed by atoms with van der Waals surface area (Å²) in [5, 5.41) is 0. The average molecular weight is 198 g/mol. The van der Waals surface area contributed by atoms with Crippen LogP contribution in [0.15, 0.2) is 0 Å². The minimum Gasteiger partial charge on any atom is -0.364 e. The summed E-state index contributed by atoms with van der Waals surface area (Å²) in [5.74, 6) is 0. The molecule has 1 aliphatic rings. The maximum Gasteiger partial charge on any atom is 0.0781 e. The van der Waals surface area contributed by atoms with Gasteiger partial charge >= 0.3 is 0 Å². The van der Waals surface area contributed by atoms with Crippen molar-refractivity contribution in [1.29, 1.82) is 0 Å². The SMILES string of the molecule is CC.CC(C)N1CCCCC1=S.[B].